The first-order valence-electron chi connectivity index (χ1n) is 10.6. The smallest absolute Gasteiger partial charge is 0.256 e. The van der Waals surface area contributed by atoms with E-state index in [4.69, 9.17) is 0 Å². The first-order valence-corrected chi connectivity index (χ1v) is 12.0. The average molecular weight is 456 g/mol. The normalized spacial score (nSPS) is 12.8. The fourth-order valence-electron chi connectivity index (χ4n) is 3.57. The minimum atomic E-state index is -3.71. The average Bonchev–Trinajstić information content (AvgIpc) is 2.78. The van der Waals surface area contributed by atoms with E-state index in [1.807, 2.05) is 44.2 Å². The predicted octanol–water partition coefficient (Wildman–Crippen LogP) is 3.02. The maximum absolute atomic E-state index is 13.2. The highest BCUT2D eigenvalue weighted by atomic mass is 32.2. The van der Waals surface area contributed by atoms with E-state index in [9.17, 15) is 18.0 Å². The zero-order chi connectivity index (χ0) is 23.5. The lowest BCUT2D eigenvalue weighted by Gasteiger charge is -2.17. The highest BCUT2D eigenvalue weighted by Gasteiger charge is 2.21. The van der Waals surface area contributed by atoms with Crippen LogP contribution in [-0.4, -0.2) is 43.3 Å². The largest absolute Gasteiger partial charge is 0.349 e. The van der Waals surface area contributed by atoms with E-state index in [2.05, 4.69) is 5.32 Å². The van der Waals surface area contributed by atoms with Gasteiger partial charge < -0.3 is 9.88 Å². The van der Waals surface area contributed by atoms with Gasteiger partial charge in [0.05, 0.1) is 10.4 Å². The molecule has 8 heteroatoms. The topological polar surface area (TPSA) is 88.5 Å². The highest BCUT2D eigenvalue weighted by molar-refractivity contribution is 7.89. The zero-order valence-electron chi connectivity index (χ0n) is 18.8. The quantitative estimate of drug-likeness (QED) is 0.566. The molecule has 3 rings (SSSR count). The van der Waals surface area contributed by atoms with Crippen LogP contribution < -0.4 is 10.7 Å². The van der Waals surface area contributed by atoms with Gasteiger partial charge in [0.25, 0.3) is 5.91 Å². The van der Waals surface area contributed by atoms with Gasteiger partial charge in [-0.05, 0) is 50.5 Å². The number of hydrogen-bond acceptors (Lipinski definition) is 4. The number of carbonyl (C=O) groups excluding carboxylic acids is 1. The number of amides is 1. The van der Waals surface area contributed by atoms with E-state index >= 15 is 0 Å². The monoisotopic (exact) mass is 455 g/mol. The Morgan fingerprint density at radius 2 is 1.81 bits per heavy atom. The molecular formula is C24H29N3O4S. The van der Waals surface area contributed by atoms with Gasteiger partial charge in [0.15, 0.2) is 0 Å². The summed E-state index contributed by atoms with van der Waals surface area (Å²) in [6.07, 6.45) is 3.09. The van der Waals surface area contributed by atoms with E-state index in [0.29, 0.717) is 12.1 Å². The molecule has 0 bridgehead atoms. The number of carbonyl (C=O) groups is 1. The Morgan fingerprint density at radius 1 is 1.12 bits per heavy atom. The van der Waals surface area contributed by atoms with Crippen molar-refractivity contribution in [2.45, 2.75) is 44.2 Å². The summed E-state index contributed by atoms with van der Waals surface area (Å²) >= 11 is 0. The zero-order valence-corrected chi connectivity index (χ0v) is 19.6. The Morgan fingerprint density at radius 3 is 2.44 bits per heavy atom. The maximum Gasteiger partial charge on any atom is 0.256 e. The number of rotatable bonds is 8. The van der Waals surface area contributed by atoms with Crippen LogP contribution in [0.5, 0.6) is 0 Å². The van der Waals surface area contributed by atoms with E-state index in [-0.39, 0.29) is 21.9 Å². The van der Waals surface area contributed by atoms with Gasteiger partial charge in [-0.1, -0.05) is 30.3 Å². The van der Waals surface area contributed by atoms with Crippen molar-refractivity contribution in [3.63, 3.8) is 0 Å². The summed E-state index contributed by atoms with van der Waals surface area (Å²) in [5, 5.41) is 3.12. The summed E-state index contributed by atoms with van der Waals surface area (Å²) < 4.78 is 27.9. The van der Waals surface area contributed by atoms with Crippen LogP contribution in [0.15, 0.2) is 64.4 Å². The summed E-state index contributed by atoms with van der Waals surface area (Å²) in [6, 6.07) is 14.3. The number of fused-ring (bicyclic) bond motifs is 1. The second kappa shape index (κ2) is 9.67. The third-order valence-corrected chi connectivity index (χ3v) is 7.31. The Hall–Kier alpha value is -2.97. The molecule has 0 fully saturated rings. The number of nitrogens with zero attached hydrogens (tertiary/aromatic N) is 2. The first kappa shape index (κ1) is 23.7. The van der Waals surface area contributed by atoms with Gasteiger partial charge in [-0.2, -0.15) is 0 Å². The predicted molar refractivity (Wildman–Crippen MR) is 126 cm³/mol. The van der Waals surface area contributed by atoms with Crippen LogP contribution in [0.2, 0.25) is 0 Å². The van der Waals surface area contributed by atoms with E-state index in [0.717, 1.165) is 17.1 Å². The minimum absolute atomic E-state index is 0.00492. The van der Waals surface area contributed by atoms with Crippen molar-refractivity contribution in [1.29, 1.82) is 0 Å². The molecule has 0 aliphatic heterocycles. The van der Waals surface area contributed by atoms with E-state index in [1.165, 1.54) is 31.8 Å². The second-order valence-corrected chi connectivity index (χ2v) is 10.2. The molecule has 0 radical (unpaired) electrons. The summed E-state index contributed by atoms with van der Waals surface area (Å²) in [5.41, 5.74) is 1.30. The van der Waals surface area contributed by atoms with E-state index in [1.54, 1.807) is 16.8 Å². The molecule has 0 saturated carbocycles. The van der Waals surface area contributed by atoms with Crippen molar-refractivity contribution in [3.8, 4) is 0 Å². The van der Waals surface area contributed by atoms with Crippen LogP contribution in [0.25, 0.3) is 10.9 Å². The standard InChI is InChI=1S/C24H29N3O4S/c1-5-27-16-21(24(29)25-17(2)11-12-18-9-7-6-8-10-18)23(28)20-15-19(13-14-22(20)27)32(30,31)26(3)4/h6-10,13-17H,5,11-12H2,1-4H3,(H,25,29)/t17-/m0/s1. The lowest BCUT2D eigenvalue weighted by molar-refractivity contribution is 0.0937. The fraction of sp³-hybridized carbons (Fsp3) is 0.333. The third kappa shape index (κ3) is 4.92. The number of hydrogen-bond donors (Lipinski definition) is 1. The van der Waals surface area contributed by atoms with E-state index < -0.39 is 21.4 Å². The van der Waals surface area contributed by atoms with Gasteiger partial charge in [-0.25, -0.2) is 12.7 Å². The number of aryl methyl sites for hydroxylation is 2. The van der Waals surface area contributed by atoms with Gasteiger partial charge in [0.2, 0.25) is 15.5 Å². The molecule has 2 aromatic carbocycles. The molecule has 0 aliphatic carbocycles. The van der Waals surface area contributed by atoms with Crippen molar-refractivity contribution in [1.82, 2.24) is 14.2 Å². The molecule has 0 spiro atoms. The van der Waals surface area contributed by atoms with Gasteiger partial charge >= 0.3 is 0 Å². The Balaban J connectivity index is 1.92. The summed E-state index contributed by atoms with van der Waals surface area (Å²) in [6.45, 7) is 4.33. The van der Waals surface area contributed by atoms with Crippen molar-refractivity contribution in [3.05, 3.63) is 76.1 Å². The first-order chi connectivity index (χ1) is 15.1. The lowest BCUT2D eigenvalue weighted by Crippen LogP contribution is -2.36. The molecule has 1 atom stereocenters. The molecule has 170 valence electrons. The molecule has 7 nitrogen and oxygen atoms in total. The van der Waals surface area contributed by atoms with Crippen LogP contribution in [-0.2, 0) is 23.0 Å². The number of aromatic nitrogens is 1. The van der Waals surface area contributed by atoms with Gasteiger partial charge in [0, 0.05) is 38.3 Å². The summed E-state index contributed by atoms with van der Waals surface area (Å²) in [4.78, 5) is 26.1. The molecule has 0 saturated heterocycles. The number of sulfonamides is 1. The van der Waals surface area contributed by atoms with Crippen LogP contribution in [0.4, 0.5) is 0 Å². The van der Waals surface area contributed by atoms with Crippen LogP contribution in [0, 0.1) is 0 Å². The SMILES string of the molecule is CCn1cc(C(=O)N[C@@H](C)CCc2ccccc2)c(=O)c2cc(S(=O)(=O)N(C)C)ccc21. The van der Waals surface area contributed by atoms with Crippen LogP contribution in [0.1, 0.15) is 36.2 Å². The van der Waals surface area contributed by atoms with Crippen molar-refractivity contribution < 1.29 is 13.2 Å². The fourth-order valence-corrected chi connectivity index (χ4v) is 4.50. The summed E-state index contributed by atoms with van der Waals surface area (Å²) in [5.74, 6) is -0.458. The Kier molecular flexibility index (Phi) is 7.16. The molecule has 0 aliphatic rings. The van der Waals surface area contributed by atoms with Crippen molar-refractivity contribution >= 4 is 26.8 Å². The van der Waals surface area contributed by atoms with Gasteiger partial charge in [-0.15, -0.1) is 0 Å². The molecule has 3 aromatic rings. The number of nitrogens with one attached hydrogen (secondary N) is 1. The highest BCUT2D eigenvalue weighted by Crippen LogP contribution is 2.20. The van der Waals surface area contributed by atoms with Crippen LogP contribution in [0.3, 0.4) is 0 Å². The van der Waals surface area contributed by atoms with Crippen molar-refractivity contribution in [2.75, 3.05) is 14.1 Å². The van der Waals surface area contributed by atoms with Crippen LogP contribution >= 0.6 is 0 Å². The molecular weight excluding hydrogens is 426 g/mol. The minimum Gasteiger partial charge on any atom is -0.349 e. The Labute approximate surface area is 188 Å². The Bertz CT molecular complexity index is 1280. The molecule has 1 heterocycles. The third-order valence-electron chi connectivity index (χ3n) is 5.50. The van der Waals surface area contributed by atoms with Crippen molar-refractivity contribution in [2.24, 2.45) is 0 Å². The molecule has 1 aromatic heterocycles. The number of pyridine rings is 1. The summed E-state index contributed by atoms with van der Waals surface area (Å²) in [7, 11) is -0.836. The van der Waals surface area contributed by atoms with Gasteiger partial charge in [0.1, 0.15) is 5.56 Å². The van der Waals surface area contributed by atoms with Gasteiger partial charge in [-0.3, -0.25) is 9.59 Å². The number of benzene rings is 2. The molecule has 0 unspecified atom stereocenters. The molecule has 1 N–H and O–H groups in total. The molecule has 1 amide bonds. The second-order valence-electron chi connectivity index (χ2n) is 8.02. The lowest BCUT2D eigenvalue weighted by atomic mass is 10.1. The molecule has 32 heavy (non-hydrogen) atoms. The maximum atomic E-state index is 13.2.